The van der Waals surface area contributed by atoms with E-state index in [1.54, 1.807) is 0 Å². The van der Waals surface area contributed by atoms with E-state index in [0.29, 0.717) is 30.6 Å². The van der Waals surface area contributed by atoms with Crippen molar-refractivity contribution in [3.05, 3.63) is 0 Å². The Bertz CT molecular complexity index is 276. The second kappa shape index (κ2) is 5.27. The van der Waals surface area contributed by atoms with Crippen molar-refractivity contribution in [1.29, 1.82) is 0 Å². The van der Waals surface area contributed by atoms with E-state index in [-0.39, 0.29) is 0 Å². The van der Waals surface area contributed by atoms with Crippen molar-refractivity contribution in [3.63, 3.8) is 0 Å². The molecule has 0 aliphatic carbocycles. The normalized spacial score (nSPS) is 24.3. The molecule has 0 N–H and O–H groups in total. The van der Waals surface area contributed by atoms with Crippen molar-refractivity contribution >= 4 is 9.84 Å². The van der Waals surface area contributed by atoms with Crippen LogP contribution in [0.1, 0.15) is 13.8 Å². The maximum absolute atomic E-state index is 11.3. The molecular formula is C10H22N2O2S. The molecule has 90 valence electrons. The minimum Gasteiger partial charge on any atom is -0.305 e. The number of likely N-dealkylation sites (N-methyl/N-ethyl adjacent to an activating group) is 1. The van der Waals surface area contributed by atoms with E-state index in [2.05, 4.69) is 30.7 Å². The lowest BCUT2D eigenvalue weighted by molar-refractivity contribution is 0.176. The summed E-state index contributed by atoms with van der Waals surface area (Å²) in [6, 6.07) is 0.449. The summed E-state index contributed by atoms with van der Waals surface area (Å²) in [7, 11) is -0.644. The zero-order chi connectivity index (χ0) is 11.5. The molecule has 5 heteroatoms. The molecule has 0 aromatic rings. The maximum Gasteiger partial charge on any atom is 0.152 e. The lowest BCUT2D eigenvalue weighted by Gasteiger charge is -2.34. The van der Waals surface area contributed by atoms with Gasteiger partial charge < -0.3 is 4.90 Å². The molecule has 0 bridgehead atoms. The molecule has 1 atom stereocenters. The largest absolute Gasteiger partial charge is 0.305 e. The van der Waals surface area contributed by atoms with Crippen molar-refractivity contribution in [2.75, 3.05) is 44.7 Å². The number of nitrogens with zero attached hydrogens (tertiary/aromatic N) is 2. The lowest BCUT2D eigenvalue weighted by atomic mass is 10.2. The van der Waals surface area contributed by atoms with Crippen LogP contribution >= 0.6 is 0 Å². The van der Waals surface area contributed by atoms with Gasteiger partial charge in [0, 0.05) is 25.7 Å². The molecule has 1 heterocycles. The average molecular weight is 234 g/mol. The van der Waals surface area contributed by atoms with Gasteiger partial charge in [0.2, 0.25) is 0 Å². The molecular weight excluding hydrogens is 212 g/mol. The molecule has 0 aromatic carbocycles. The molecule has 0 aromatic heterocycles. The van der Waals surface area contributed by atoms with E-state index in [4.69, 9.17) is 0 Å². The number of hydrogen-bond acceptors (Lipinski definition) is 4. The first-order valence-electron chi connectivity index (χ1n) is 5.57. The Balaban J connectivity index is 2.39. The summed E-state index contributed by atoms with van der Waals surface area (Å²) in [4.78, 5) is 4.53. The molecule has 1 rings (SSSR count). The van der Waals surface area contributed by atoms with Gasteiger partial charge in [-0.05, 0) is 20.5 Å². The van der Waals surface area contributed by atoms with Gasteiger partial charge in [-0.3, -0.25) is 4.90 Å². The summed E-state index contributed by atoms with van der Waals surface area (Å²) in [5.74, 6) is 0.653. The highest BCUT2D eigenvalue weighted by molar-refractivity contribution is 7.91. The lowest BCUT2D eigenvalue weighted by Crippen LogP contribution is -2.48. The van der Waals surface area contributed by atoms with E-state index in [0.717, 1.165) is 13.1 Å². The fourth-order valence-electron chi connectivity index (χ4n) is 1.86. The fourth-order valence-corrected chi connectivity index (χ4v) is 3.09. The smallest absolute Gasteiger partial charge is 0.152 e. The SMILES string of the molecule is CCN(C)CC(C)N1CCS(=O)(=O)CC1. The summed E-state index contributed by atoms with van der Waals surface area (Å²) < 4.78 is 22.5. The van der Waals surface area contributed by atoms with E-state index < -0.39 is 9.84 Å². The van der Waals surface area contributed by atoms with Crippen molar-refractivity contribution in [2.24, 2.45) is 0 Å². The van der Waals surface area contributed by atoms with Crippen LogP contribution < -0.4 is 0 Å². The number of hydrogen-bond donors (Lipinski definition) is 0. The first kappa shape index (κ1) is 12.9. The Labute approximate surface area is 93.2 Å². The summed E-state index contributed by atoms with van der Waals surface area (Å²) in [6.45, 7) is 7.74. The van der Waals surface area contributed by atoms with Crippen LogP contribution in [0.25, 0.3) is 0 Å². The zero-order valence-corrected chi connectivity index (χ0v) is 10.8. The first-order valence-corrected chi connectivity index (χ1v) is 7.40. The van der Waals surface area contributed by atoms with Crippen LogP contribution in [0.4, 0.5) is 0 Å². The van der Waals surface area contributed by atoms with E-state index in [1.807, 2.05) is 0 Å². The van der Waals surface area contributed by atoms with Crippen LogP contribution in [-0.4, -0.2) is 69.0 Å². The van der Waals surface area contributed by atoms with Gasteiger partial charge in [-0.25, -0.2) is 8.42 Å². The predicted molar refractivity (Wildman–Crippen MR) is 62.9 cm³/mol. The van der Waals surface area contributed by atoms with Crippen molar-refractivity contribution in [1.82, 2.24) is 9.80 Å². The van der Waals surface area contributed by atoms with Gasteiger partial charge in [-0.1, -0.05) is 6.92 Å². The van der Waals surface area contributed by atoms with Crippen LogP contribution in [-0.2, 0) is 9.84 Å². The van der Waals surface area contributed by atoms with Crippen LogP contribution in [0.3, 0.4) is 0 Å². The highest BCUT2D eigenvalue weighted by Gasteiger charge is 2.24. The van der Waals surface area contributed by atoms with E-state index >= 15 is 0 Å². The zero-order valence-electron chi connectivity index (χ0n) is 9.94. The van der Waals surface area contributed by atoms with Gasteiger partial charge in [-0.15, -0.1) is 0 Å². The predicted octanol–water partition coefficient (Wildman–Crippen LogP) is 0.0570. The Hall–Kier alpha value is -0.130. The van der Waals surface area contributed by atoms with Gasteiger partial charge >= 0.3 is 0 Å². The molecule has 15 heavy (non-hydrogen) atoms. The number of rotatable bonds is 4. The molecule has 0 radical (unpaired) electrons. The highest BCUT2D eigenvalue weighted by Crippen LogP contribution is 2.08. The summed E-state index contributed by atoms with van der Waals surface area (Å²) in [6.07, 6.45) is 0. The summed E-state index contributed by atoms with van der Waals surface area (Å²) >= 11 is 0. The third-order valence-electron chi connectivity index (χ3n) is 3.12. The Morgan fingerprint density at radius 3 is 2.33 bits per heavy atom. The number of sulfone groups is 1. The quantitative estimate of drug-likeness (QED) is 0.689. The van der Waals surface area contributed by atoms with Gasteiger partial charge in [0.25, 0.3) is 0 Å². The van der Waals surface area contributed by atoms with E-state index in [1.165, 1.54) is 0 Å². The molecule has 1 aliphatic rings. The monoisotopic (exact) mass is 234 g/mol. The summed E-state index contributed by atoms with van der Waals surface area (Å²) in [5.41, 5.74) is 0. The van der Waals surface area contributed by atoms with Crippen molar-refractivity contribution in [2.45, 2.75) is 19.9 Å². The second-order valence-corrected chi connectivity index (χ2v) is 6.70. The van der Waals surface area contributed by atoms with Crippen LogP contribution in [0.2, 0.25) is 0 Å². The van der Waals surface area contributed by atoms with Crippen molar-refractivity contribution < 1.29 is 8.42 Å². The Morgan fingerprint density at radius 1 is 1.33 bits per heavy atom. The topological polar surface area (TPSA) is 40.6 Å². The Morgan fingerprint density at radius 2 is 1.87 bits per heavy atom. The van der Waals surface area contributed by atoms with Gasteiger partial charge in [0.15, 0.2) is 9.84 Å². The molecule has 0 amide bonds. The molecule has 1 aliphatic heterocycles. The third-order valence-corrected chi connectivity index (χ3v) is 4.73. The fraction of sp³-hybridized carbons (Fsp3) is 1.00. The molecule has 4 nitrogen and oxygen atoms in total. The maximum atomic E-state index is 11.3. The molecule has 0 spiro atoms. The molecule has 1 fully saturated rings. The first-order chi connectivity index (χ1) is 6.94. The standard InChI is InChI=1S/C10H22N2O2S/c1-4-11(3)9-10(2)12-5-7-15(13,14)8-6-12/h10H,4-9H2,1-3H3. The van der Waals surface area contributed by atoms with E-state index in [9.17, 15) is 8.42 Å². The molecule has 0 saturated carbocycles. The van der Waals surface area contributed by atoms with Gasteiger partial charge in [0.1, 0.15) is 0 Å². The average Bonchev–Trinajstić information content (AvgIpc) is 2.17. The molecule has 1 saturated heterocycles. The second-order valence-electron chi connectivity index (χ2n) is 4.39. The highest BCUT2D eigenvalue weighted by atomic mass is 32.2. The van der Waals surface area contributed by atoms with Crippen LogP contribution in [0.15, 0.2) is 0 Å². The van der Waals surface area contributed by atoms with Crippen LogP contribution in [0, 0.1) is 0 Å². The molecule has 1 unspecified atom stereocenters. The summed E-state index contributed by atoms with van der Waals surface area (Å²) in [5, 5.41) is 0. The third kappa shape index (κ3) is 4.09. The van der Waals surface area contributed by atoms with Crippen LogP contribution in [0.5, 0.6) is 0 Å². The van der Waals surface area contributed by atoms with Gasteiger partial charge in [0.05, 0.1) is 11.5 Å². The van der Waals surface area contributed by atoms with Crippen molar-refractivity contribution in [3.8, 4) is 0 Å². The van der Waals surface area contributed by atoms with Gasteiger partial charge in [-0.2, -0.15) is 0 Å². The minimum atomic E-state index is -2.74. The Kier molecular flexibility index (Phi) is 4.55. The minimum absolute atomic E-state index is 0.327.